The van der Waals surface area contributed by atoms with E-state index in [1.165, 1.54) is 4.90 Å². The van der Waals surface area contributed by atoms with Crippen molar-refractivity contribution in [1.82, 2.24) is 4.90 Å². The molecule has 8 nitrogen and oxygen atoms in total. The quantitative estimate of drug-likeness (QED) is 0.643. The van der Waals surface area contributed by atoms with Crippen molar-refractivity contribution in [2.24, 2.45) is 5.73 Å². The number of carboxylic acid groups (broad SMARTS) is 2. The molecule has 0 aliphatic carbocycles. The van der Waals surface area contributed by atoms with E-state index in [9.17, 15) is 22.8 Å². The molecule has 1 heterocycles. The molecule has 4 N–H and O–H groups in total. The molecule has 0 bridgehead atoms. The number of nitrogens with two attached hydrogens (primary N) is 1. The molecule has 1 fully saturated rings. The lowest BCUT2D eigenvalue weighted by atomic mass is 9.92. The number of amides is 1. The minimum atomic E-state index is -5.08. The first-order valence-electron chi connectivity index (χ1n) is 5.89. The van der Waals surface area contributed by atoms with Crippen molar-refractivity contribution < 1.29 is 42.5 Å². The molecular weight excluding hydrogens is 313 g/mol. The van der Waals surface area contributed by atoms with Gasteiger partial charge in [-0.3, -0.25) is 4.79 Å². The van der Waals surface area contributed by atoms with Crippen LogP contribution in [0.3, 0.4) is 0 Å². The van der Waals surface area contributed by atoms with Crippen LogP contribution in [-0.2, 0) is 14.3 Å². The van der Waals surface area contributed by atoms with E-state index in [0.29, 0.717) is 0 Å². The Hall–Kier alpha value is -2.04. The fourth-order valence-electron chi connectivity index (χ4n) is 1.23. The van der Waals surface area contributed by atoms with E-state index in [2.05, 4.69) is 0 Å². The fourth-order valence-corrected chi connectivity index (χ4v) is 1.23. The Morgan fingerprint density at radius 3 is 1.73 bits per heavy atom. The molecule has 0 aromatic heterocycles. The van der Waals surface area contributed by atoms with E-state index >= 15 is 0 Å². The molecule has 0 aromatic carbocycles. The topological polar surface area (TPSA) is 130 Å². The normalized spacial score (nSPS) is 16.8. The number of carboxylic acids is 2. The molecule has 1 aliphatic heterocycles. The molecule has 0 aromatic rings. The smallest absolute Gasteiger partial charge is 0.480 e. The maximum Gasteiger partial charge on any atom is 0.490 e. The molecule has 0 saturated carbocycles. The molecule has 22 heavy (non-hydrogen) atoms. The number of likely N-dealkylation sites (tertiary alicyclic amines) is 1. The Kier molecular flexibility index (Phi) is 5.79. The maximum absolute atomic E-state index is 11.4. The van der Waals surface area contributed by atoms with Gasteiger partial charge in [-0.15, -0.1) is 0 Å². The second-order valence-electron chi connectivity index (χ2n) is 5.60. The summed E-state index contributed by atoms with van der Waals surface area (Å²) in [7, 11) is 0. The number of nitrogens with zero attached hydrogens (tertiary/aromatic N) is 1. The molecule has 1 amide bonds. The van der Waals surface area contributed by atoms with Crippen molar-refractivity contribution >= 4 is 18.0 Å². The highest BCUT2D eigenvalue weighted by molar-refractivity contribution is 5.84. The van der Waals surface area contributed by atoms with Crippen LogP contribution in [0.2, 0.25) is 0 Å². The third kappa shape index (κ3) is 6.16. The summed E-state index contributed by atoms with van der Waals surface area (Å²) in [4.78, 5) is 32.2. The SMILES string of the molecule is CC(C)(C)OC(=O)N1CC(N)(C(=O)O)C1.O=C(O)C(F)(F)F. The maximum atomic E-state index is 11.4. The standard InChI is InChI=1S/C9H16N2O4.C2HF3O2/c1-8(2,3)15-7(14)11-4-9(10,5-11)6(12)13;3-2(4,5)1(6)7/h4-5,10H2,1-3H3,(H,12,13);(H,6,7). The minimum absolute atomic E-state index is 0.00273. The van der Waals surface area contributed by atoms with Gasteiger partial charge in [-0.05, 0) is 20.8 Å². The van der Waals surface area contributed by atoms with Crippen LogP contribution in [0.25, 0.3) is 0 Å². The van der Waals surface area contributed by atoms with Gasteiger partial charge in [-0.2, -0.15) is 13.2 Å². The summed E-state index contributed by atoms with van der Waals surface area (Å²) in [5, 5.41) is 15.8. The first-order chi connectivity index (χ1) is 9.58. The fraction of sp³-hybridized carbons (Fsp3) is 0.727. The van der Waals surface area contributed by atoms with Gasteiger partial charge < -0.3 is 25.6 Å². The van der Waals surface area contributed by atoms with Crippen LogP contribution < -0.4 is 5.73 Å². The van der Waals surface area contributed by atoms with Crippen molar-refractivity contribution in [1.29, 1.82) is 0 Å². The molecule has 0 unspecified atom stereocenters. The first kappa shape index (κ1) is 20.0. The summed E-state index contributed by atoms with van der Waals surface area (Å²) in [5.41, 5.74) is 3.60. The second-order valence-corrected chi connectivity index (χ2v) is 5.60. The summed E-state index contributed by atoms with van der Waals surface area (Å²) in [6.07, 6.45) is -5.61. The number of hydrogen-bond acceptors (Lipinski definition) is 5. The lowest BCUT2D eigenvalue weighted by Gasteiger charge is -2.44. The number of carbonyl (C=O) groups excluding carboxylic acids is 1. The summed E-state index contributed by atoms with van der Waals surface area (Å²) >= 11 is 0. The van der Waals surface area contributed by atoms with Crippen molar-refractivity contribution in [2.75, 3.05) is 13.1 Å². The molecule has 11 heteroatoms. The molecule has 128 valence electrons. The van der Waals surface area contributed by atoms with Crippen molar-refractivity contribution in [3.05, 3.63) is 0 Å². The zero-order chi connectivity index (χ0) is 17.9. The molecule has 0 spiro atoms. The first-order valence-corrected chi connectivity index (χ1v) is 5.89. The van der Waals surface area contributed by atoms with E-state index < -0.39 is 35.3 Å². The van der Waals surface area contributed by atoms with Gasteiger partial charge in [0.2, 0.25) is 0 Å². The summed E-state index contributed by atoms with van der Waals surface area (Å²) in [6, 6.07) is 0. The molecule has 1 rings (SSSR count). The highest BCUT2D eigenvalue weighted by Crippen LogP contribution is 2.21. The van der Waals surface area contributed by atoms with Crippen molar-refractivity contribution in [3.63, 3.8) is 0 Å². The van der Waals surface area contributed by atoms with Crippen molar-refractivity contribution in [3.8, 4) is 0 Å². The second kappa shape index (κ2) is 6.38. The Bertz CT molecular complexity index is 452. The van der Waals surface area contributed by atoms with Gasteiger partial charge in [-0.1, -0.05) is 0 Å². The number of ether oxygens (including phenoxy) is 1. The third-order valence-electron chi connectivity index (χ3n) is 2.27. The molecular formula is C11H17F3N2O6. The van der Waals surface area contributed by atoms with Crippen LogP contribution in [0.4, 0.5) is 18.0 Å². The summed E-state index contributed by atoms with van der Waals surface area (Å²) in [6.45, 7) is 5.24. The average Bonchev–Trinajstić information content (AvgIpc) is 2.21. The monoisotopic (exact) mass is 330 g/mol. The van der Waals surface area contributed by atoms with Crippen LogP contribution in [-0.4, -0.2) is 63.6 Å². The Morgan fingerprint density at radius 2 is 1.50 bits per heavy atom. The van der Waals surface area contributed by atoms with Gasteiger partial charge in [0.25, 0.3) is 0 Å². The van der Waals surface area contributed by atoms with E-state index in [0.717, 1.165) is 0 Å². The molecule has 0 atom stereocenters. The Balaban J connectivity index is 0.000000534. The molecule has 1 saturated heterocycles. The summed E-state index contributed by atoms with van der Waals surface area (Å²) in [5.74, 6) is -3.85. The van der Waals surface area contributed by atoms with Gasteiger partial charge in [0.15, 0.2) is 0 Å². The van der Waals surface area contributed by atoms with Gasteiger partial charge >= 0.3 is 24.2 Å². The zero-order valence-electron chi connectivity index (χ0n) is 12.1. The largest absolute Gasteiger partial charge is 0.490 e. The van der Waals surface area contributed by atoms with Crippen molar-refractivity contribution in [2.45, 2.75) is 38.1 Å². The van der Waals surface area contributed by atoms with E-state index in [1.54, 1.807) is 20.8 Å². The number of halogens is 3. The van der Waals surface area contributed by atoms with Gasteiger partial charge in [-0.25, -0.2) is 9.59 Å². The predicted octanol–water partition coefficient (Wildman–Crippen LogP) is 0.653. The lowest BCUT2D eigenvalue weighted by molar-refractivity contribution is -0.192. The third-order valence-corrected chi connectivity index (χ3v) is 2.27. The van der Waals surface area contributed by atoms with Crippen LogP contribution in [0.15, 0.2) is 0 Å². The number of rotatable bonds is 1. The highest BCUT2D eigenvalue weighted by Gasteiger charge is 2.49. The number of hydrogen-bond donors (Lipinski definition) is 3. The van der Waals surface area contributed by atoms with Crippen LogP contribution >= 0.6 is 0 Å². The van der Waals surface area contributed by atoms with Gasteiger partial charge in [0.05, 0.1) is 13.1 Å². The van der Waals surface area contributed by atoms with Crippen LogP contribution in [0, 0.1) is 0 Å². The minimum Gasteiger partial charge on any atom is -0.480 e. The Labute approximate surface area is 123 Å². The van der Waals surface area contributed by atoms with Gasteiger partial charge in [0.1, 0.15) is 11.1 Å². The van der Waals surface area contributed by atoms with Crippen LogP contribution in [0.1, 0.15) is 20.8 Å². The average molecular weight is 330 g/mol. The number of carbonyl (C=O) groups is 3. The lowest BCUT2D eigenvalue weighted by Crippen LogP contribution is -2.72. The summed E-state index contributed by atoms with van der Waals surface area (Å²) < 4.78 is 36.8. The van der Waals surface area contributed by atoms with E-state index in [-0.39, 0.29) is 13.1 Å². The molecule has 0 radical (unpaired) electrons. The Morgan fingerprint density at radius 1 is 1.14 bits per heavy atom. The highest BCUT2D eigenvalue weighted by atomic mass is 19.4. The van der Waals surface area contributed by atoms with E-state index in [1.807, 2.05) is 0 Å². The number of aliphatic carboxylic acids is 2. The van der Waals surface area contributed by atoms with E-state index in [4.69, 9.17) is 25.5 Å². The van der Waals surface area contributed by atoms with Gasteiger partial charge in [0, 0.05) is 0 Å². The zero-order valence-corrected chi connectivity index (χ0v) is 12.1. The predicted molar refractivity (Wildman–Crippen MR) is 66.1 cm³/mol. The number of alkyl halides is 3. The van der Waals surface area contributed by atoms with Crippen LogP contribution in [0.5, 0.6) is 0 Å². The molecule has 1 aliphatic rings.